The van der Waals surface area contributed by atoms with E-state index in [0.29, 0.717) is 5.56 Å². The van der Waals surface area contributed by atoms with E-state index < -0.39 is 0 Å². The van der Waals surface area contributed by atoms with Crippen LogP contribution in [0, 0.1) is 19.7 Å². The van der Waals surface area contributed by atoms with Gasteiger partial charge in [0.25, 0.3) is 0 Å². The highest BCUT2D eigenvalue weighted by Gasteiger charge is 2.13. The van der Waals surface area contributed by atoms with Crippen LogP contribution in [0.4, 0.5) is 10.1 Å². The fourth-order valence-electron chi connectivity index (χ4n) is 3.96. The van der Waals surface area contributed by atoms with Crippen molar-refractivity contribution in [3.05, 3.63) is 77.9 Å². The van der Waals surface area contributed by atoms with Crippen LogP contribution in [0.1, 0.15) is 17.5 Å². The number of aromatic nitrogens is 2. The first-order chi connectivity index (χ1) is 15.4. The SMILES string of the molecule is Cc1cc(-c2ncccc2-c2ccc3ncc(C)c(NCCCN(C)C)c3c2)ccc1F. The van der Waals surface area contributed by atoms with Crippen molar-refractivity contribution in [2.24, 2.45) is 0 Å². The predicted octanol–water partition coefficient (Wildman–Crippen LogP) is 6.08. The Bertz CT molecular complexity index is 1250. The summed E-state index contributed by atoms with van der Waals surface area (Å²) in [6.45, 7) is 5.80. The molecule has 4 nitrogen and oxygen atoms in total. The van der Waals surface area contributed by atoms with Crippen molar-refractivity contribution in [2.75, 3.05) is 32.5 Å². The molecule has 0 radical (unpaired) electrons. The average molecular weight is 429 g/mol. The van der Waals surface area contributed by atoms with Crippen LogP contribution in [-0.2, 0) is 0 Å². The maximum absolute atomic E-state index is 13.8. The van der Waals surface area contributed by atoms with Gasteiger partial charge < -0.3 is 10.2 Å². The first-order valence-corrected chi connectivity index (χ1v) is 10.9. The second-order valence-corrected chi connectivity index (χ2v) is 8.50. The summed E-state index contributed by atoms with van der Waals surface area (Å²) in [5, 5.41) is 4.72. The van der Waals surface area contributed by atoms with Crippen molar-refractivity contribution >= 4 is 16.6 Å². The van der Waals surface area contributed by atoms with Crippen LogP contribution in [0.15, 0.2) is 60.9 Å². The Labute approximate surface area is 189 Å². The first-order valence-electron chi connectivity index (χ1n) is 10.9. The van der Waals surface area contributed by atoms with Gasteiger partial charge in [-0.2, -0.15) is 0 Å². The van der Waals surface area contributed by atoms with Gasteiger partial charge in [0.15, 0.2) is 0 Å². The topological polar surface area (TPSA) is 41.1 Å². The Morgan fingerprint density at radius 2 is 1.75 bits per heavy atom. The Morgan fingerprint density at radius 3 is 2.53 bits per heavy atom. The maximum atomic E-state index is 13.8. The summed E-state index contributed by atoms with van der Waals surface area (Å²) in [6.07, 6.45) is 4.77. The second kappa shape index (κ2) is 9.45. The van der Waals surface area contributed by atoms with E-state index in [4.69, 9.17) is 0 Å². The third-order valence-corrected chi connectivity index (χ3v) is 5.69. The summed E-state index contributed by atoms with van der Waals surface area (Å²) in [5.74, 6) is -0.205. The molecule has 0 aliphatic carbocycles. The Hall–Kier alpha value is -3.31. The van der Waals surface area contributed by atoms with Crippen molar-refractivity contribution in [3.63, 3.8) is 0 Å². The van der Waals surface area contributed by atoms with Crippen molar-refractivity contribution in [1.29, 1.82) is 0 Å². The van der Waals surface area contributed by atoms with Crippen LogP contribution in [0.3, 0.4) is 0 Å². The van der Waals surface area contributed by atoms with Gasteiger partial charge in [0.05, 0.1) is 11.2 Å². The number of aryl methyl sites for hydroxylation is 2. The molecule has 2 heterocycles. The third-order valence-electron chi connectivity index (χ3n) is 5.69. The number of benzene rings is 2. The van der Waals surface area contributed by atoms with E-state index in [-0.39, 0.29) is 5.82 Å². The quantitative estimate of drug-likeness (QED) is 0.362. The molecule has 0 saturated carbocycles. The molecule has 0 spiro atoms. The zero-order chi connectivity index (χ0) is 22.7. The minimum atomic E-state index is -0.205. The van der Waals surface area contributed by atoms with Gasteiger partial charge in [-0.25, -0.2) is 4.39 Å². The molecule has 164 valence electrons. The smallest absolute Gasteiger partial charge is 0.126 e. The minimum Gasteiger partial charge on any atom is -0.384 e. The van der Waals surface area contributed by atoms with Gasteiger partial charge in [-0.1, -0.05) is 12.1 Å². The number of hydrogen-bond donors (Lipinski definition) is 1. The zero-order valence-corrected chi connectivity index (χ0v) is 19.1. The van der Waals surface area contributed by atoms with E-state index in [1.165, 1.54) is 6.07 Å². The van der Waals surface area contributed by atoms with Crippen molar-refractivity contribution < 1.29 is 4.39 Å². The highest BCUT2D eigenvalue weighted by atomic mass is 19.1. The molecule has 2 aromatic heterocycles. The highest BCUT2D eigenvalue weighted by molar-refractivity contribution is 5.97. The monoisotopic (exact) mass is 428 g/mol. The van der Waals surface area contributed by atoms with Crippen LogP contribution in [0.2, 0.25) is 0 Å². The molecular weight excluding hydrogens is 399 g/mol. The molecular formula is C27H29FN4. The summed E-state index contributed by atoms with van der Waals surface area (Å²) >= 11 is 0. The van der Waals surface area contributed by atoms with Crippen LogP contribution in [0.5, 0.6) is 0 Å². The highest BCUT2D eigenvalue weighted by Crippen LogP contribution is 2.35. The standard InChI is InChI=1S/C27H29FN4/c1-18-15-21(8-10-24(18)28)27-22(7-5-12-30-27)20-9-11-25-23(16-20)26(19(2)17-31-25)29-13-6-14-32(3)4/h5,7-12,15-17H,6,13-14H2,1-4H3,(H,29,31). The van der Waals surface area contributed by atoms with Gasteiger partial charge in [0, 0.05) is 41.1 Å². The third kappa shape index (κ3) is 4.63. The molecule has 32 heavy (non-hydrogen) atoms. The molecule has 0 bridgehead atoms. The van der Waals surface area contributed by atoms with E-state index in [1.807, 2.05) is 18.3 Å². The molecule has 5 heteroatoms. The molecule has 0 aliphatic rings. The number of rotatable bonds is 7. The predicted molar refractivity (Wildman–Crippen MR) is 132 cm³/mol. The number of nitrogens with zero attached hydrogens (tertiary/aromatic N) is 3. The lowest BCUT2D eigenvalue weighted by atomic mass is 9.96. The van der Waals surface area contributed by atoms with E-state index >= 15 is 0 Å². The van der Waals surface area contributed by atoms with Gasteiger partial charge in [-0.05, 0) is 94.0 Å². The number of halogens is 1. The van der Waals surface area contributed by atoms with Gasteiger partial charge >= 0.3 is 0 Å². The average Bonchev–Trinajstić information content (AvgIpc) is 2.79. The fourth-order valence-corrected chi connectivity index (χ4v) is 3.96. The number of nitrogens with one attached hydrogen (secondary N) is 1. The number of anilines is 1. The van der Waals surface area contributed by atoms with Crippen LogP contribution in [0.25, 0.3) is 33.3 Å². The van der Waals surface area contributed by atoms with Gasteiger partial charge in [0.2, 0.25) is 0 Å². The van der Waals surface area contributed by atoms with Crippen LogP contribution < -0.4 is 5.32 Å². The molecule has 0 aliphatic heterocycles. The Kier molecular flexibility index (Phi) is 6.47. The lowest BCUT2D eigenvalue weighted by Gasteiger charge is -2.16. The molecule has 0 saturated heterocycles. The summed E-state index contributed by atoms with van der Waals surface area (Å²) in [7, 11) is 4.18. The summed E-state index contributed by atoms with van der Waals surface area (Å²) < 4.78 is 13.8. The van der Waals surface area contributed by atoms with E-state index in [0.717, 1.165) is 64.0 Å². The second-order valence-electron chi connectivity index (χ2n) is 8.50. The zero-order valence-electron chi connectivity index (χ0n) is 19.1. The number of hydrogen-bond acceptors (Lipinski definition) is 4. The molecule has 0 unspecified atom stereocenters. The van der Waals surface area contributed by atoms with Crippen LogP contribution >= 0.6 is 0 Å². The summed E-state index contributed by atoms with van der Waals surface area (Å²) in [5.41, 5.74) is 7.64. The molecule has 4 aromatic rings. The number of pyridine rings is 2. The summed E-state index contributed by atoms with van der Waals surface area (Å²) in [4.78, 5) is 11.5. The fraction of sp³-hybridized carbons (Fsp3) is 0.259. The molecule has 0 fully saturated rings. The Morgan fingerprint density at radius 1 is 0.938 bits per heavy atom. The minimum absolute atomic E-state index is 0.205. The van der Waals surface area contributed by atoms with E-state index in [1.54, 1.807) is 19.2 Å². The van der Waals surface area contributed by atoms with Crippen molar-refractivity contribution in [2.45, 2.75) is 20.3 Å². The lowest BCUT2D eigenvalue weighted by Crippen LogP contribution is -2.16. The van der Waals surface area contributed by atoms with Crippen molar-refractivity contribution in [3.8, 4) is 22.4 Å². The lowest BCUT2D eigenvalue weighted by molar-refractivity contribution is 0.405. The first kappa shape index (κ1) is 21.9. The normalized spacial score (nSPS) is 11.3. The molecule has 0 amide bonds. The molecule has 4 rings (SSSR count). The van der Waals surface area contributed by atoms with Gasteiger partial charge in [-0.3, -0.25) is 9.97 Å². The Balaban J connectivity index is 1.76. The molecule has 1 N–H and O–H groups in total. The largest absolute Gasteiger partial charge is 0.384 e. The van der Waals surface area contributed by atoms with Crippen molar-refractivity contribution in [1.82, 2.24) is 14.9 Å². The van der Waals surface area contributed by atoms with Gasteiger partial charge in [-0.15, -0.1) is 0 Å². The van der Waals surface area contributed by atoms with E-state index in [2.05, 4.69) is 65.5 Å². The van der Waals surface area contributed by atoms with E-state index in [9.17, 15) is 4.39 Å². The van der Waals surface area contributed by atoms with Gasteiger partial charge in [0.1, 0.15) is 5.82 Å². The van der Waals surface area contributed by atoms with Crippen LogP contribution in [-0.4, -0.2) is 42.1 Å². The molecule has 0 atom stereocenters. The number of fused-ring (bicyclic) bond motifs is 1. The maximum Gasteiger partial charge on any atom is 0.126 e. The summed E-state index contributed by atoms with van der Waals surface area (Å²) in [6, 6.07) is 15.5. The molecule has 2 aromatic carbocycles.